The Labute approximate surface area is 195 Å². The van der Waals surface area contributed by atoms with Gasteiger partial charge in [-0.2, -0.15) is 0 Å². The van der Waals surface area contributed by atoms with E-state index in [9.17, 15) is 0 Å². The molecule has 0 radical (unpaired) electrons. The zero-order valence-corrected chi connectivity index (χ0v) is 18.4. The minimum Gasteiger partial charge on any atom is -0.0610 e. The summed E-state index contributed by atoms with van der Waals surface area (Å²) in [6, 6.07) is 40.9. The first-order chi connectivity index (χ1) is 16.9. The molecule has 0 bridgehead atoms. The molecule has 34 heavy (non-hydrogen) atoms. The molecule has 0 saturated carbocycles. The minimum absolute atomic E-state index is 1.31. The minimum atomic E-state index is 1.31. The molecule has 0 fully saturated rings. The molecule has 0 spiro atoms. The topological polar surface area (TPSA) is 0 Å². The number of hydrogen-bond donors (Lipinski definition) is 0. The lowest BCUT2D eigenvalue weighted by molar-refractivity contribution is 1.79. The Morgan fingerprint density at radius 1 is 0.206 bits per heavy atom. The monoisotopic (exact) mass is 426 g/mol. The van der Waals surface area contributed by atoms with E-state index in [2.05, 4.69) is 109 Å². The van der Waals surface area contributed by atoms with E-state index in [4.69, 9.17) is 0 Å². The van der Waals surface area contributed by atoms with Crippen LogP contribution in [0.3, 0.4) is 0 Å². The maximum Gasteiger partial charge on any atom is -0.00134 e. The molecule has 9 rings (SSSR count). The lowest BCUT2D eigenvalue weighted by Crippen LogP contribution is -1.92. The van der Waals surface area contributed by atoms with E-state index in [0.717, 1.165) is 0 Å². The molecule has 0 heteroatoms. The standard InChI is InChI=1S/C34H18/c1-7-19-9-3-15-25-29(19)21(11-1)23-13-5-17-27-31(23)33(25)28-18-6-14-24-22-12-2-8-20-10-4-16-26(30(20)22)34(27)32(24)28/h1-18H. The van der Waals surface area contributed by atoms with Crippen molar-refractivity contribution in [2.75, 3.05) is 0 Å². The molecule has 0 aliphatic rings. The van der Waals surface area contributed by atoms with Crippen LogP contribution in [0, 0.1) is 0 Å². The van der Waals surface area contributed by atoms with Gasteiger partial charge in [0.2, 0.25) is 0 Å². The highest BCUT2D eigenvalue weighted by molar-refractivity contribution is 6.47. The van der Waals surface area contributed by atoms with E-state index in [1.54, 1.807) is 0 Å². The first-order valence-electron chi connectivity index (χ1n) is 12.0. The third-order valence-corrected chi connectivity index (χ3v) is 8.10. The molecule has 9 aromatic rings. The number of benzene rings is 9. The van der Waals surface area contributed by atoms with E-state index >= 15 is 0 Å². The lowest BCUT2D eigenvalue weighted by Gasteiger charge is -2.21. The summed E-state index contributed by atoms with van der Waals surface area (Å²) in [7, 11) is 0. The first-order valence-corrected chi connectivity index (χ1v) is 12.0. The summed E-state index contributed by atoms with van der Waals surface area (Å²) < 4.78 is 0. The smallest absolute Gasteiger partial charge is 0.00134 e. The van der Waals surface area contributed by atoms with Crippen LogP contribution in [0.1, 0.15) is 0 Å². The van der Waals surface area contributed by atoms with Gasteiger partial charge in [-0.15, -0.1) is 0 Å². The van der Waals surface area contributed by atoms with Crippen LogP contribution in [0.4, 0.5) is 0 Å². The second kappa shape index (κ2) is 5.73. The van der Waals surface area contributed by atoms with Crippen LogP contribution in [0.5, 0.6) is 0 Å². The van der Waals surface area contributed by atoms with E-state index in [1.807, 2.05) is 0 Å². The average Bonchev–Trinajstić information content (AvgIpc) is 2.90. The average molecular weight is 427 g/mol. The van der Waals surface area contributed by atoms with Gasteiger partial charge in [-0.1, -0.05) is 109 Å². The van der Waals surface area contributed by atoms with Crippen LogP contribution in [-0.4, -0.2) is 0 Å². The van der Waals surface area contributed by atoms with Crippen molar-refractivity contribution in [1.82, 2.24) is 0 Å². The Hall–Kier alpha value is -4.42. The normalized spacial score (nSPS) is 12.7. The zero-order chi connectivity index (χ0) is 22.0. The van der Waals surface area contributed by atoms with E-state index < -0.39 is 0 Å². The Morgan fingerprint density at radius 3 is 0.824 bits per heavy atom. The van der Waals surface area contributed by atoms with E-state index in [0.29, 0.717) is 0 Å². The molecule has 0 unspecified atom stereocenters. The van der Waals surface area contributed by atoms with Gasteiger partial charge < -0.3 is 0 Å². The van der Waals surface area contributed by atoms with E-state index in [-0.39, 0.29) is 0 Å². The molecule has 0 N–H and O–H groups in total. The Kier molecular flexibility index (Phi) is 2.88. The fourth-order valence-electron chi connectivity index (χ4n) is 6.89. The Bertz CT molecular complexity index is 2090. The highest BCUT2D eigenvalue weighted by Gasteiger charge is 2.21. The number of fused-ring (bicyclic) bond motifs is 6. The van der Waals surface area contributed by atoms with Crippen molar-refractivity contribution in [3.8, 4) is 0 Å². The Morgan fingerprint density at radius 2 is 0.441 bits per heavy atom. The predicted molar refractivity (Wildman–Crippen MR) is 149 cm³/mol. The van der Waals surface area contributed by atoms with Gasteiger partial charge in [0, 0.05) is 0 Å². The van der Waals surface area contributed by atoms with Crippen LogP contribution in [0.15, 0.2) is 109 Å². The fraction of sp³-hybridized carbons (Fsp3) is 0. The van der Waals surface area contributed by atoms with Crippen molar-refractivity contribution >= 4 is 86.2 Å². The van der Waals surface area contributed by atoms with Crippen molar-refractivity contribution in [1.29, 1.82) is 0 Å². The summed E-state index contributed by atoms with van der Waals surface area (Å²) in [5.41, 5.74) is 0. The molecule has 0 amide bonds. The summed E-state index contributed by atoms with van der Waals surface area (Å²) in [5.74, 6) is 0. The first kappa shape index (κ1) is 17.1. The summed E-state index contributed by atoms with van der Waals surface area (Å²) in [6.07, 6.45) is 0. The molecule has 0 nitrogen and oxygen atoms in total. The second-order valence-electron chi connectivity index (χ2n) is 9.62. The van der Waals surface area contributed by atoms with Gasteiger partial charge in [0.05, 0.1) is 0 Å². The molecule has 154 valence electrons. The molecule has 0 heterocycles. The molecule has 0 aliphatic carbocycles. The second-order valence-corrected chi connectivity index (χ2v) is 9.62. The van der Waals surface area contributed by atoms with Crippen molar-refractivity contribution in [2.45, 2.75) is 0 Å². The molecule has 0 aromatic heterocycles. The van der Waals surface area contributed by atoms with Gasteiger partial charge in [0.15, 0.2) is 0 Å². The predicted octanol–water partition coefficient (Wildman–Crippen LogP) is 9.79. The van der Waals surface area contributed by atoms with Crippen LogP contribution < -0.4 is 0 Å². The van der Waals surface area contributed by atoms with Gasteiger partial charge in [0.1, 0.15) is 0 Å². The lowest BCUT2D eigenvalue weighted by atomic mass is 9.82. The maximum atomic E-state index is 2.34. The Balaban J connectivity index is 1.78. The van der Waals surface area contributed by atoms with Crippen LogP contribution >= 0.6 is 0 Å². The third kappa shape index (κ3) is 1.82. The maximum absolute atomic E-state index is 2.34. The van der Waals surface area contributed by atoms with Crippen LogP contribution in [0.2, 0.25) is 0 Å². The van der Waals surface area contributed by atoms with Crippen molar-refractivity contribution in [3.63, 3.8) is 0 Å². The summed E-state index contributed by atoms with van der Waals surface area (Å²) >= 11 is 0. The van der Waals surface area contributed by atoms with Gasteiger partial charge in [0.25, 0.3) is 0 Å². The van der Waals surface area contributed by atoms with E-state index in [1.165, 1.54) is 86.2 Å². The summed E-state index contributed by atoms with van der Waals surface area (Å²) in [4.78, 5) is 0. The molecule has 9 aromatic carbocycles. The molecular weight excluding hydrogens is 408 g/mol. The van der Waals surface area contributed by atoms with Gasteiger partial charge in [-0.05, 0) is 86.2 Å². The quantitative estimate of drug-likeness (QED) is 0.167. The van der Waals surface area contributed by atoms with Crippen molar-refractivity contribution < 1.29 is 0 Å². The zero-order valence-electron chi connectivity index (χ0n) is 18.4. The van der Waals surface area contributed by atoms with Crippen LogP contribution in [0.25, 0.3) is 86.2 Å². The van der Waals surface area contributed by atoms with Crippen molar-refractivity contribution in [2.24, 2.45) is 0 Å². The van der Waals surface area contributed by atoms with Gasteiger partial charge >= 0.3 is 0 Å². The van der Waals surface area contributed by atoms with Gasteiger partial charge in [-0.25, -0.2) is 0 Å². The number of hydrogen-bond acceptors (Lipinski definition) is 0. The SMILES string of the molecule is c1cc2cccc3c2c(c1)c1cccc2c1c3c1cccc3c4cccc5cccc(c54)c2c31. The highest BCUT2D eigenvalue weighted by Crippen LogP contribution is 2.49. The summed E-state index contributed by atoms with van der Waals surface area (Å²) in [6.45, 7) is 0. The molecule has 0 aliphatic heterocycles. The number of rotatable bonds is 0. The molecule has 0 saturated heterocycles. The van der Waals surface area contributed by atoms with Gasteiger partial charge in [-0.3, -0.25) is 0 Å². The molecule has 0 atom stereocenters. The third-order valence-electron chi connectivity index (χ3n) is 8.10. The largest absolute Gasteiger partial charge is 0.0610 e. The van der Waals surface area contributed by atoms with Crippen LogP contribution in [-0.2, 0) is 0 Å². The fourth-order valence-corrected chi connectivity index (χ4v) is 6.89. The highest BCUT2D eigenvalue weighted by atomic mass is 14.2. The molecular formula is C34H18. The van der Waals surface area contributed by atoms with Crippen molar-refractivity contribution in [3.05, 3.63) is 109 Å². The summed E-state index contributed by atoms with van der Waals surface area (Å²) in [5, 5.41) is 21.8.